The zero-order valence-corrected chi connectivity index (χ0v) is 16.5. The molecule has 1 aliphatic heterocycles. The third-order valence-electron chi connectivity index (χ3n) is 5.09. The molecule has 0 spiro atoms. The van der Waals surface area contributed by atoms with Crippen molar-refractivity contribution in [1.82, 2.24) is 4.31 Å². The first-order valence-electron chi connectivity index (χ1n) is 9.13. The third kappa shape index (κ3) is 4.39. The lowest BCUT2D eigenvalue weighted by Crippen LogP contribution is -2.39. The van der Waals surface area contributed by atoms with Gasteiger partial charge in [-0.3, -0.25) is 4.79 Å². The monoisotopic (exact) mass is 387 g/mol. The quantitative estimate of drug-likeness (QED) is 0.739. The fourth-order valence-electron chi connectivity index (χ4n) is 3.61. The highest BCUT2D eigenvalue weighted by Crippen LogP contribution is 2.31. The van der Waals surface area contributed by atoms with Gasteiger partial charge in [-0.05, 0) is 48.4 Å². The van der Waals surface area contributed by atoms with Gasteiger partial charge in [-0.2, -0.15) is 4.31 Å². The Morgan fingerprint density at radius 1 is 1.19 bits per heavy atom. The van der Waals surface area contributed by atoms with E-state index in [0.717, 1.165) is 29.5 Å². The molecule has 1 saturated heterocycles. The van der Waals surface area contributed by atoms with Crippen LogP contribution in [-0.4, -0.2) is 38.9 Å². The largest absolute Gasteiger partial charge is 0.469 e. The summed E-state index contributed by atoms with van der Waals surface area (Å²) in [6.45, 7) is 2.82. The Morgan fingerprint density at radius 3 is 2.70 bits per heavy atom. The number of hydrogen-bond donors (Lipinski definition) is 0. The molecule has 0 N–H and O–H groups in total. The molecule has 144 valence electrons. The van der Waals surface area contributed by atoms with Gasteiger partial charge in [0.25, 0.3) is 0 Å². The van der Waals surface area contributed by atoms with Gasteiger partial charge in [-0.1, -0.05) is 42.5 Å². The summed E-state index contributed by atoms with van der Waals surface area (Å²) >= 11 is 0. The molecule has 0 aromatic heterocycles. The van der Waals surface area contributed by atoms with Crippen LogP contribution in [0.5, 0.6) is 0 Å². The highest BCUT2D eigenvalue weighted by Gasteiger charge is 2.31. The zero-order chi connectivity index (χ0) is 19.4. The molecular formula is C21H25NO4S. The predicted octanol–water partition coefficient (Wildman–Crippen LogP) is 3.28. The van der Waals surface area contributed by atoms with Gasteiger partial charge >= 0.3 is 5.97 Å². The Morgan fingerprint density at radius 2 is 1.96 bits per heavy atom. The molecular weight excluding hydrogens is 362 g/mol. The Hall–Kier alpha value is -2.18. The van der Waals surface area contributed by atoms with Gasteiger partial charge in [-0.25, -0.2) is 8.42 Å². The summed E-state index contributed by atoms with van der Waals surface area (Å²) in [5.74, 6) is -0.158. The SMILES string of the molecule is COC(=O)Cc1cccc(C2CCCN(S(=O)(=O)c3ccccc3C)C2)c1. The first-order chi connectivity index (χ1) is 12.9. The molecule has 1 unspecified atom stereocenters. The van der Waals surface area contributed by atoms with E-state index >= 15 is 0 Å². The molecule has 1 fully saturated rings. The van der Waals surface area contributed by atoms with Crippen LogP contribution in [0.15, 0.2) is 53.4 Å². The van der Waals surface area contributed by atoms with E-state index in [1.54, 1.807) is 16.4 Å². The van der Waals surface area contributed by atoms with E-state index in [4.69, 9.17) is 4.74 Å². The van der Waals surface area contributed by atoms with E-state index in [2.05, 4.69) is 0 Å². The number of benzene rings is 2. The van der Waals surface area contributed by atoms with Crippen LogP contribution in [0.1, 0.15) is 35.4 Å². The first kappa shape index (κ1) is 19.6. The Bertz CT molecular complexity index is 923. The molecule has 1 heterocycles. The van der Waals surface area contributed by atoms with E-state index in [0.29, 0.717) is 18.0 Å². The Labute approximate surface area is 161 Å². The molecule has 2 aromatic carbocycles. The van der Waals surface area contributed by atoms with Gasteiger partial charge in [0.2, 0.25) is 10.0 Å². The molecule has 3 rings (SSSR count). The maximum atomic E-state index is 13.1. The van der Waals surface area contributed by atoms with Gasteiger partial charge in [0.1, 0.15) is 0 Å². The summed E-state index contributed by atoms with van der Waals surface area (Å²) in [6, 6.07) is 14.9. The minimum Gasteiger partial charge on any atom is -0.469 e. The highest BCUT2D eigenvalue weighted by atomic mass is 32.2. The second-order valence-electron chi connectivity index (χ2n) is 6.97. The molecule has 5 nitrogen and oxygen atoms in total. The van der Waals surface area contributed by atoms with Crippen LogP contribution < -0.4 is 0 Å². The van der Waals surface area contributed by atoms with Crippen molar-refractivity contribution in [2.24, 2.45) is 0 Å². The summed E-state index contributed by atoms with van der Waals surface area (Å²) in [4.78, 5) is 11.9. The van der Waals surface area contributed by atoms with Crippen molar-refractivity contribution in [3.63, 3.8) is 0 Å². The van der Waals surface area contributed by atoms with E-state index in [1.165, 1.54) is 7.11 Å². The van der Waals surface area contributed by atoms with Gasteiger partial charge in [0.15, 0.2) is 0 Å². The standard InChI is InChI=1S/C21H25NO4S/c1-16-7-3-4-11-20(16)27(24,25)22-12-6-10-19(15-22)18-9-5-8-17(13-18)14-21(23)26-2/h3-5,7-9,11,13,19H,6,10,12,14-15H2,1-2H3. The second-order valence-corrected chi connectivity index (χ2v) is 8.87. The number of carbonyl (C=O) groups excluding carboxylic acids is 1. The summed E-state index contributed by atoms with van der Waals surface area (Å²) < 4.78 is 32.5. The number of aryl methyl sites for hydroxylation is 1. The molecule has 1 aliphatic rings. The highest BCUT2D eigenvalue weighted by molar-refractivity contribution is 7.89. The molecule has 0 radical (unpaired) electrons. The third-order valence-corrected chi connectivity index (χ3v) is 7.12. The number of nitrogens with zero attached hydrogens (tertiary/aromatic N) is 1. The minimum atomic E-state index is -3.51. The number of hydrogen-bond acceptors (Lipinski definition) is 4. The lowest BCUT2D eigenvalue weighted by atomic mass is 9.90. The molecule has 0 amide bonds. The summed E-state index contributed by atoms with van der Waals surface area (Å²) in [5.41, 5.74) is 2.72. The average molecular weight is 388 g/mol. The van der Waals surface area contributed by atoms with Crippen molar-refractivity contribution in [2.75, 3.05) is 20.2 Å². The van der Waals surface area contributed by atoms with Crippen molar-refractivity contribution in [2.45, 2.75) is 37.0 Å². The maximum Gasteiger partial charge on any atom is 0.309 e. The van der Waals surface area contributed by atoms with Crippen molar-refractivity contribution in [3.8, 4) is 0 Å². The number of sulfonamides is 1. The van der Waals surface area contributed by atoms with Gasteiger partial charge in [-0.15, -0.1) is 0 Å². The second kappa shape index (κ2) is 8.23. The van der Waals surface area contributed by atoms with Crippen molar-refractivity contribution in [3.05, 3.63) is 65.2 Å². The summed E-state index contributed by atoms with van der Waals surface area (Å²) in [5, 5.41) is 0. The van der Waals surface area contributed by atoms with E-state index < -0.39 is 10.0 Å². The predicted molar refractivity (Wildman–Crippen MR) is 104 cm³/mol. The molecule has 0 bridgehead atoms. The lowest BCUT2D eigenvalue weighted by Gasteiger charge is -2.32. The number of methoxy groups -OCH3 is 1. The van der Waals surface area contributed by atoms with Crippen LogP contribution in [0.3, 0.4) is 0 Å². The van der Waals surface area contributed by atoms with Crippen LogP contribution in [0.4, 0.5) is 0 Å². The van der Waals surface area contributed by atoms with Crippen LogP contribution in [0.2, 0.25) is 0 Å². The Balaban J connectivity index is 1.81. The van der Waals surface area contributed by atoms with Gasteiger partial charge < -0.3 is 4.74 Å². The number of rotatable bonds is 5. The topological polar surface area (TPSA) is 63.7 Å². The first-order valence-corrected chi connectivity index (χ1v) is 10.6. The number of esters is 1. The van der Waals surface area contributed by atoms with Gasteiger partial charge in [0.05, 0.1) is 18.4 Å². The number of ether oxygens (including phenoxy) is 1. The molecule has 27 heavy (non-hydrogen) atoms. The zero-order valence-electron chi connectivity index (χ0n) is 15.7. The van der Waals surface area contributed by atoms with Crippen molar-refractivity contribution >= 4 is 16.0 Å². The van der Waals surface area contributed by atoms with Crippen LogP contribution in [0, 0.1) is 6.92 Å². The molecule has 2 aromatic rings. The van der Waals surface area contributed by atoms with E-state index in [1.807, 2.05) is 43.3 Å². The number of carbonyl (C=O) groups is 1. The molecule has 0 aliphatic carbocycles. The summed E-state index contributed by atoms with van der Waals surface area (Å²) in [6.07, 6.45) is 1.97. The number of piperidine rings is 1. The smallest absolute Gasteiger partial charge is 0.309 e. The summed E-state index contributed by atoms with van der Waals surface area (Å²) in [7, 11) is -2.13. The average Bonchev–Trinajstić information content (AvgIpc) is 2.68. The normalized spacial score (nSPS) is 18.2. The van der Waals surface area contributed by atoms with Crippen molar-refractivity contribution in [1.29, 1.82) is 0 Å². The van der Waals surface area contributed by atoms with Crippen LogP contribution >= 0.6 is 0 Å². The van der Waals surface area contributed by atoms with Crippen molar-refractivity contribution < 1.29 is 17.9 Å². The lowest BCUT2D eigenvalue weighted by molar-refractivity contribution is -0.139. The van der Waals surface area contributed by atoms with Gasteiger partial charge in [0, 0.05) is 13.1 Å². The van der Waals surface area contributed by atoms with Crippen LogP contribution in [-0.2, 0) is 26.0 Å². The molecule has 1 atom stereocenters. The fraction of sp³-hybridized carbons (Fsp3) is 0.381. The molecule has 6 heteroatoms. The molecule has 0 saturated carbocycles. The minimum absolute atomic E-state index is 0.121. The van der Waals surface area contributed by atoms with Crippen LogP contribution in [0.25, 0.3) is 0 Å². The van der Waals surface area contributed by atoms with E-state index in [9.17, 15) is 13.2 Å². The van der Waals surface area contributed by atoms with E-state index in [-0.39, 0.29) is 18.3 Å². The maximum absolute atomic E-state index is 13.1. The fourth-order valence-corrected chi connectivity index (χ4v) is 5.36. The Kier molecular flexibility index (Phi) is 5.97.